The molecule has 18 atom stereocenters. The highest BCUT2D eigenvalue weighted by Gasteiger charge is 2.63. The van der Waals surface area contributed by atoms with Crippen molar-refractivity contribution in [3.63, 3.8) is 0 Å². The van der Waals surface area contributed by atoms with Gasteiger partial charge in [0.05, 0.1) is 72.9 Å². The molecule has 6 aromatic carbocycles. The van der Waals surface area contributed by atoms with Crippen molar-refractivity contribution >= 4 is 144 Å². The van der Waals surface area contributed by atoms with Gasteiger partial charge in [0.25, 0.3) is 0 Å². The summed E-state index contributed by atoms with van der Waals surface area (Å²) >= 11 is 70.5. The monoisotopic (exact) mass is 2220 g/mol. The fourth-order valence-electron chi connectivity index (χ4n) is 23.4. The van der Waals surface area contributed by atoms with E-state index < -0.39 is 33.6 Å². The zero-order valence-corrected chi connectivity index (χ0v) is 91.3. The Morgan fingerprint density at radius 1 is 0.317 bits per heavy atom. The topological polar surface area (TPSA) is 306 Å². The average Bonchev–Trinajstić information content (AvgIpc) is 1.44. The molecule has 6 N–H and O–H groups in total. The quantitative estimate of drug-likeness (QED) is 0.0208. The van der Waals surface area contributed by atoms with E-state index in [-0.39, 0.29) is 68.0 Å². The van der Waals surface area contributed by atoms with E-state index in [1.54, 1.807) is 66.1 Å². The first-order valence-corrected chi connectivity index (χ1v) is 54.5. The van der Waals surface area contributed by atoms with Crippen molar-refractivity contribution in [3.05, 3.63) is 297 Å². The summed E-state index contributed by atoms with van der Waals surface area (Å²) in [6.07, 6.45) is 37.3. The molecule has 36 heteroatoms. The number of hydrogen-bond donors (Lipinski definition) is 6. The molecule has 18 rings (SSSR count). The van der Waals surface area contributed by atoms with E-state index in [9.17, 15) is 30.6 Å². The van der Waals surface area contributed by atoms with E-state index in [1.165, 1.54) is 71.3 Å². The van der Waals surface area contributed by atoms with Crippen LogP contribution in [-0.2, 0) is 77.8 Å². The average molecular weight is 2220 g/mol. The first kappa shape index (κ1) is 113. The molecule has 6 aliphatic carbocycles. The maximum atomic E-state index is 11.8. The Morgan fingerprint density at radius 3 is 0.746 bits per heavy atom. The van der Waals surface area contributed by atoms with Gasteiger partial charge in [-0.05, 0) is 282 Å². The summed E-state index contributed by atoms with van der Waals surface area (Å²) in [4.78, 5) is 24.0. The lowest BCUT2D eigenvalue weighted by Crippen LogP contribution is -2.53. The van der Waals surface area contributed by atoms with Crippen molar-refractivity contribution in [3.8, 4) is 0 Å². The van der Waals surface area contributed by atoms with Crippen LogP contribution in [0.15, 0.2) is 233 Å². The number of halogens is 12. The third-order valence-corrected chi connectivity index (χ3v) is 37.8. The number of hydrogen-bond acceptors (Lipinski definition) is 18. The lowest BCUT2D eigenvalue weighted by molar-refractivity contribution is -0.0997. The molecular formula is C106H132BrCl11N18O6. The van der Waals surface area contributed by atoms with Crippen LogP contribution in [0.4, 0.5) is 0 Å². The summed E-state index contributed by atoms with van der Waals surface area (Å²) < 4.78 is 10.3. The molecule has 6 aliphatic rings. The van der Waals surface area contributed by atoms with Crippen LogP contribution < -0.4 is 0 Å². The molecule has 0 aliphatic heterocycles. The molecule has 6 aromatic heterocycles. The molecule has 6 fully saturated rings. The zero-order valence-electron chi connectivity index (χ0n) is 81.4. The van der Waals surface area contributed by atoms with Crippen molar-refractivity contribution < 1.29 is 30.6 Å². The summed E-state index contributed by atoms with van der Waals surface area (Å²) in [5.41, 5.74) is -0.00574. The van der Waals surface area contributed by atoms with Crippen LogP contribution in [0, 0.1) is 68.0 Å². The molecule has 6 saturated carbocycles. The summed E-state index contributed by atoms with van der Waals surface area (Å²) in [6.45, 7) is 19.0. The van der Waals surface area contributed by atoms with Gasteiger partial charge in [0.15, 0.2) is 0 Å². The minimum atomic E-state index is -0.946. The van der Waals surface area contributed by atoms with Crippen LogP contribution in [0.3, 0.4) is 0 Å². The number of allylic oxidation sites excluding steroid dienone is 1. The van der Waals surface area contributed by atoms with Crippen LogP contribution >= 0.6 is 144 Å². The second-order valence-corrected chi connectivity index (χ2v) is 46.5. The van der Waals surface area contributed by atoms with Gasteiger partial charge in [0, 0.05) is 91.1 Å². The lowest BCUT2D eigenvalue weighted by Gasteiger charge is -2.44. The minimum absolute atomic E-state index is 0.0962. The van der Waals surface area contributed by atoms with Crippen LogP contribution in [0.5, 0.6) is 0 Å². The number of alkyl halides is 5. The summed E-state index contributed by atoms with van der Waals surface area (Å²) in [6, 6.07) is 47.1. The van der Waals surface area contributed by atoms with Crippen molar-refractivity contribution in [1.82, 2.24) is 88.6 Å². The third kappa shape index (κ3) is 26.1. The van der Waals surface area contributed by atoms with Crippen LogP contribution in [0.2, 0.25) is 30.1 Å². The standard InChI is InChI=1S/C19H23Cl2N3O.2C18H23Cl2N3O.C17H21BrClN3O.2C17H21Cl2N3O/c1-14(20)10-18(2)8-7-16(9-15-3-5-17(21)6-4-15)19(18,25)11-24-13-22-12-23-24;1-17(8-9-19)7-6-15(10-14-2-4-16(20)5-3-14)18(17,24)11-23-13-21-12-22-23;1-2-17(10-19)8-7-15(9-14-3-5-16(20)6-4-14)18(17,24)11-23-13-21-12-22-23;3*1-16(9-18)7-6-14(8-13-2-4-15(19)5-3-13)17(16,23)10-22-12-20-11-21-22/h3-6,12-13,16,25H,1,7-11H2,2H3;2-5,12-13,15,24H,6-11H2,1H3;3-6,12-13,15,24H,2,7-11H2,1H3;3*2-5,11-12,14,23H,6-10H2,1H3/t16-,18?,19+;15-,17-,18+;15-,17+,18+;2*14-,16+,17+;14-,16-,17+/m111111/s1. The van der Waals surface area contributed by atoms with Gasteiger partial charge in [-0.15, -0.1) is 46.4 Å². The van der Waals surface area contributed by atoms with Crippen molar-refractivity contribution in [1.29, 1.82) is 0 Å². The molecule has 766 valence electrons. The number of nitrogens with zero attached hydrogens (tertiary/aromatic N) is 18. The molecule has 0 radical (unpaired) electrons. The molecule has 0 saturated heterocycles. The van der Waals surface area contributed by atoms with Gasteiger partial charge in [-0.3, -0.25) is 28.1 Å². The Hall–Kier alpha value is -6.67. The zero-order chi connectivity index (χ0) is 102. The van der Waals surface area contributed by atoms with Gasteiger partial charge in [-0.2, -0.15) is 30.6 Å². The fraction of sp³-hybridized carbons (Fsp3) is 0.528. The van der Waals surface area contributed by atoms with Gasteiger partial charge >= 0.3 is 0 Å². The Bertz CT molecular complexity index is 5550. The maximum absolute atomic E-state index is 11.8. The van der Waals surface area contributed by atoms with Crippen molar-refractivity contribution in [2.24, 2.45) is 68.0 Å². The molecule has 12 aromatic rings. The molecule has 24 nitrogen and oxygen atoms in total. The second kappa shape index (κ2) is 49.2. The molecule has 0 bridgehead atoms. The SMILES string of the molecule is C=C(Cl)CC1(C)CC[C@H](Cc2ccc(Cl)cc2)[C@@]1(O)Cn1cncn1.CC[C@@]1(CCl)CC[C@H](Cc2ccc(Cl)cc2)[C@@]1(O)Cn1cncn1.C[C@@]1(CBr)CC[C@H](Cc2ccc(Cl)cc2)[C@@]1(O)Cn1cncn1.C[C@@]1(CCl)CC[C@H](Cc2ccc(Cl)cc2)[C@@]1(O)Cn1cncn1.C[C@]1(CCCl)CC[C@H](Cc2ccc(Cl)cc2)[C@@]1(O)Cn1cncn1.C[C@]1(CCl)CC[C@H](Cc2ccc(Cl)cc2)[C@@]1(O)Cn1cncn1. The Balaban J connectivity index is 0.000000143. The van der Waals surface area contributed by atoms with Gasteiger partial charge in [-0.1, -0.05) is 218 Å². The smallest absolute Gasteiger partial charge is 0.137 e. The number of aromatic nitrogens is 18. The van der Waals surface area contributed by atoms with E-state index >= 15 is 0 Å². The molecule has 0 spiro atoms. The largest absolute Gasteiger partial charge is 0.387 e. The van der Waals surface area contributed by atoms with Crippen molar-refractivity contribution in [2.75, 3.05) is 28.9 Å². The van der Waals surface area contributed by atoms with Gasteiger partial charge in [0.2, 0.25) is 0 Å². The Labute approximate surface area is 897 Å². The van der Waals surface area contributed by atoms with E-state index in [0.29, 0.717) is 74.2 Å². The second-order valence-electron chi connectivity index (χ2n) is 41.6. The van der Waals surface area contributed by atoms with Gasteiger partial charge in [-0.25, -0.2) is 29.9 Å². The third-order valence-electron chi connectivity index (χ3n) is 33.0. The Morgan fingerprint density at radius 2 is 0.528 bits per heavy atom. The molecule has 1 unspecified atom stereocenters. The van der Waals surface area contributed by atoms with Crippen LogP contribution in [0.1, 0.15) is 171 Å². The predicted molar refractivity (Wildman–Crippen MR) is 571 cm³/mol. The van der Waals surface area contributed by atoms with Crippen LogP contribution in [-0.4, -0.2) is 182 Å². The normalized spacial score (nSPS) is 30.1. The first-order valence-electron chi connectivity index (χ1n) is 48.6. The summed E-state index contributed by atoms with van der Waals surface area (Å²) in [5.74, 6) is 2.64. The van der Waals surface area contributed by atoms with E-state index in [0.717, 1.165) is 164 Å². The maximum Gasteiger partial charge on any atom is 0.137 e. The molecular weight excluding hydrogens is 2090 g/mol. The van der Waals surface area contributed by atoms with Crippen LogP contribution in [0.25, 0.3) is 0 Å². The van der Waals surface area contributed by atoms with E-state index in [2.05, 4.69) is 125 Å². The lowest BCUT2D eigenvalue weighted by atomic mass is 9.69. The fourth-order valence-corrected chi connectivity index (χ4v) is 26.9. The van der Waals surface area contributed by atoms with Gasteiger partial charge in [0.1, 0.15) is 75.9 Å². The predicted octanol–water partition coefficient (Wildman–Crippen LogP) is 23.2. The number of benzene rings is 6. The van der Waals surface area contributed by atoms with E-state index in [1.807, 2.05) is 146 Å². The van der Waals surface area contributed by atoms with Crippen molar-refractivity contribution in [2.45, 2.75) is 249 Å². The van der Waals surface area contributed by atoms with E-state index in [4.69, 9.17) is 128 Å². The van der Waals surface area contributed by atoms with Gasteiger partial charge < -0.3 is 30.6 Å². The molecule has 0 amide bonds. The molecule has 142 heavy (non-hydrogen) atoms. The highest BCUT2D eigenvalue weighted by atomic mass is 79.9. The minimum Gasteiger partial charge on any atom is -0.387 e. The molecule has 6 heterocycles. The highest BCUT2D eigenvalue weighted by molar-refractivity contribution is 9.09. The summed E-state index contributed by atoms with van der Waals surface area (Å²) in [5, 5.41) is 101. The number of aliphatic hydroxyl groups is 6. The number of rotatable bonds is 33. The highest BCUT2D eigenvalue weighted by Crippen LogP contribution is 2.60. The Kier molecular flexibility index (Phi) is 39.0. The summed E-state index contributed by atoms with van der Waals surface area (Å²) in [7, 11) is 0. The first-order chi connectivity index (χ1) is 67.7.